The molecule has 1 aromatic rings. The van der Waals surface area contributed by atoms with Crippen LogP contribution in [0.25, 0.3) is 0 Å². The Bertz CT molecular complexity index is 756. The number of rotatable bonds is 9. The van der Waals surface area contributed by atoms with Crippen molar-refractivity contribution in [1.82, 2.24) is 9.84 Å². The highest BCUT2D eigenvalue weighted by Gasteiger charge is 2.41. The summed E-state index contributed by atoms with van der Waals surface area (Å²) in [5.41, 5.74) is 2.22. The zero-order valence-corrected chi connectivity index (χ0v) is 15.2. The van der Waals surface area contributed by atoms with Crippen LogP contribution >= 0.6 is 0 Å². The topological polar surface area (TPSA) is 83.6 Å². The van der Waals surface area contributed by atoms with Crippen LogP contribution in [0.2, 0.25) is 0 Å². The summed E-state index contributed by atoms with van der Waals surface area (Å²) in [6.07, 6.45) is 10.7. The SMILES string of the molecule is CCCCCCCCC=CC(=O)NN1C(=O)c2ccccc2S1(=O)=O. The van der Waals surface area contributed by atoms with E-state index < -0.39 is 21.8 Å². The highest BCUT2D eigenvalue weighted by Crippen LogP contribution is 2.28. The molecule has 1 aliphatic rings. The van der Waals surface area contributed by atoms with E-state index in [-0.39, 0.29) is 10.5 Å². The molecule has 0 atom stereocenters. The standard InChI is InChI=1S/C18H24N2O4S/c1-2-3-4-5-6-7-8-9-14-17(21)19-20-18(22)15-12-10-11-13-16(15)25(20,23)24/h9-14H,2-8H2,1H3,(H,19,21). The summed E-state index contributed by atoms with van der Waals surface area (Å²) in [7, 11) is -4.02. The molecule has 6 nitrogen and oxygen atoms in total. The van der Waals surface area contributed by atoms with E-state index >= 15 is 0 Å². The Labute approximate surface area is 148 Å². The lowest BCUT2D eigenvalue weighted by Crippen LogP contribution is -2.45. The molecule has 7 heteroatoms. The molecule has 0 fully saturated rings. The summed E-state index contributed by atoms with van der Waals surface area (Å²) in [6, 6.07) is 5.90. The minimum Gasteiger partial charge on any atom is -0.268 e. The first-order chi connectivity index (χ1) is 12.0. The number of nitrogens with one attached hydrogen (secondary N) is 1. The minimum absolute atomic E-state index is 0.0684. The average Bonchev–Trinajstić information content (AvgIpc) is 2.79. The molecule has 0 saturated carbocycles. The van der Waals surface area contributed by atoms with Gasteiger partial charge in [-0.1, -0.05) is 57.2 Å². The Kier molecular flexibility index (Phi) is 6.75. The van der Waals surface area contributed by atoms with Crippen molar-refractivity contribution < 1.29 is 18.0 Å². The lowest BCUT2D eigenvalue weighted by atomic mass is 10.1. The van der Waals surface area contributed by atoms with Gasteiger partial charge in [0, 0.05) is 6.08 Å². The largest absolute Gasteiger partial charge is 0.288 e. The quantitative estimate of drug-likeness (QED) is 0.539. The van der Waals surface area contributed by atoms with Gasteiger partial charge in [-0.3, -0.25) is 9.59 Å². The average molecular weight is 364 g/mol. The molecule has 0 aromatic heterocycles. The fourth-order valence-electron chi connectivity index (χ4n) is 2.67. The third-order valence-electron chi connectivity index (χ3n) is 4.03. The lowest BCUT2D eigenvalue weighted by molar-refractivity contribution is -0.118. The van der Waals surface area contributed by atoms with E-state index in [2.05, 4.69) is 12.3 Å². The summed E-state index contributed by atoms with van der Waals surface area (Å²) in [6.45, 7) is 2.17. The molecule has 1 aliphatic heterocycles. The summed E-state index contributed by atoms with van der Waals surface area (Å²) in [4.78, 5) is 24.0. The number of hydrazine groups is 1. The number of carbonyl (C=O) groups is 2. The molecule has 136 valence electrons. The van der Waals surface area contributed by atoms with E-state index in [1.807, 2.05) is 0 Å². The number of unbranched alkanes of at least 4 members (excludes halogenated alkanes) is 6. The molecule has 0 radical (unpaired) electrons. The zero-order chi connectivity index (χ0) is 18.3. The fourth-order valence-corrected chi connectivity index (χ4v) is 4.07. The normalized spacial score (nSPS) is 15.6. The van der Waals surface area contributed by atoms with Crippen LogP contribution < -0.4 is 5.43 Å². The molecule has 0 spiro atoms. The van der Waals surface area contributed by atoms with Crippen molar-refractivity contribution in [3.63, 3.8) is 0 Å². The number of nitrogens with zero attached hydrogens (tertiary/aromatic N) is 1. The van der Waals surface area contributed by atoms with Crippen molar-refractivity contribution in [2.45, 2.75) is 56.8 Å². The summed E-state index contributed by atoms with van der Waals surface area (Å²) >= 11 is 0. The van der Waals surface area contributed by atoms with Crippen LogP contribution in [0, 0.1) is 0 Å². The summed E-state index contributed by atoms with van der Waals surface area (Å²) in [5, 5.41) is 0. The van der Waals surface area contributed by atoms with Crippen LogP contribution in [-0.2, 0) is 14.8 Å². The van der Waals surface area contributed by atoms with Gasteiger partial charge in [0.25, 0.3) is 21.8 Å². The second-order valence-electron chi connectivity index (χ2n) is 6.01. The molecule has 25 heavy (non-hydrogen) atoms. The van der Waals surface area contributed by atoms with Crippen molar-refractivity contribution in [1.29, 1.82) is 0 Å². The smallest absolute Gasteiger partial charge is 0.268 e. The number of hydrogen-bond acceptors (Lipinski definition) is 4. The Morgan fingerprint density at radius 1 is 1.12 bits per heavy atom. The van der Waals surface area contributed by atoms with E-state index in [4.69, 9.17) is 0 Å². The van der Waals surface area contributed by atoms with Crippen molar-refractivity contribution in [2.24, 2.45) is 0 Å². The van der Waals surface area contributed by atoms with Crippen molar-refractivity contribution in [3.05, 3.63) is 42.0 Å². The summed E-state index contributed by atoms with van der Waals surface area (Å²) in [5.74, 6) is -1.37. The first-order valence-electron chi connectivity index (χ1n) is 8.64. The number of benzene rings is 1. The highest BCUT2D eigenvalue weighted by molar-refractivity contribution is 7.90. The van der Waals surface area contributed by atoms with Crippen LogP contribution in [0.4, 0.5) is 0 Å². The molecule has 1 N–H and O–H groups in total. The lowest BCUT2D eigenvalue weighted by Gasteiger charge is -2.14. The number of allylic oxidation sites excluding steroid dienone is 1. The van der Waals surface area contributed by atoms with Crippen LogP contribution in [0.1, 0.15) is 62.2 Å². The van der Waals surface area contributed by atoms with Crippen LogP contribution in [-0.4, -0.2) is 24.6 Å². The van der Waals surface area contributed by atoms with Gasteiger partial charge in [-0.05, 0) is 25.0 Å². The van der Waals surface area contributed by atoms with Gasteiger partial charge in [-0.15, -0.1) is 4.41 Å². The molecule has 1 heterocycles. The first kappa shape index (κ1) is 19.2. The molecule has 2 rings (SSSR count). The van der Waals surface area contributed by atoms with Gasteiger partial charge in [-0.2, -0.15) is 8.42 Å². The summed E-state index contributed by atoms with van der Waals surface area (Å²) < 4.78 is 25.0. The molecule has 2 amide bonds. The van der Waals surface area contributed by atoms with E-state index in [1.54, 1.807) is 12.1 Å². The van der Waals surface area contributed by atoms with Crippen LogP contribution in [0.5, 0.6) is 0 Å². The maximum absolute atomic E-state index is 12.3. The Morgan fingerprint density at radius 3 is 2.52 bits per heavy atom. The molecule has 0 unspecified atom stereocenters. The Morgan fingerprint density at radius 2 is 1.80 bits per heavy atom. The van der Waals surface area contributed by atoms with Crippen molar-refractivity contribution >= 4 is 21.8 Å². The molecular weight excluding hydrogens is 340 g/mol. The molecular formula is C18H24N2O4S. The predicted molar refractivity (Wildman–Crippen MR) is 95.1 cm³/mol. The number of carbonyl (C=O) groups excluding carboxylic acids is 2. The van der Waals surface area contributed by atoms with Crippen molar-refractivity contribution in [3.8, 4) is 0 Å². The van der Waals surface area contributed by atoms with Crippen molar-refractivity contribution in [2.75, 3.05) is 0 Å². The number of fused-ring (bicyclic) bond motifs is 1. The zero-order valence-electron chi connectivity index (χ0n) is 14.4. The Hall–Kier alpha value is -2.15. The van der Waals surface area contributed by atoms with Gasteiger partial charge >= 0.3 is 0 Å². The molecule has 1 aromatic carbocycles. The van der Waals surface area contributed by atoms with Gasteiger partial charge in [-0.25, -0.2) is 5.43 Å². The van der Waals surface area contributed by atoms with Crippen LogP contribution in [0.15, 0.2) is 41.3 Å². The fraction of sp³-hybridized carbons (Fsp3) is 0.444. The van der Waals surface area contributed by atoms with Gasteiger partial charge in [0.15, 0.2) is 0 Å². The van der Waals surface area contributed by atoms with E-state index in [1.165, 1.54) is 50.0 Å². The van der Waals surface area contributed by atoms with E-state index in [9.17, 15) is 18.0 Å². The van der Waals surface area contributed by atoms with Crippen LogP contribution in [0.3, 0.4) is 0 Å². The van der Waals surface area contributed by atoms with Gasteiger partial charge in [0.1, 0.15) is 4.90 Å². The molecule has 0 aliphatic carbocycles. The second kappa shape index (κ2) is 8.80. The van der Waals surface area contributed by atoms with Gasteiger partial charge in [0.2, 0.25) is 0 Å². The monoisotopic (exact) mass is 364 g/mol. The van der Waals surface area contributed by atoms with E-state index in [0.717, 1.165) is 19.3 Å². The third kappa shape index (κ3) is 4.69. The number of sulfonamides is 1. The van der Waals surface area contributed by atoms with Gasteiger partial charge in [0.05, 0.1) is 5.56 Å². The molecule has 0 bridgehead atoms. The predicted octanol–water partition coefficient (Wildman–Crippen LogP) is 3.17. The first-order valence-corrected chi connectivity index (χ1v) is 10.1. The molecule has 0 saturated heterocycles. The number of amides is 2. The minimum atomic E-state index is -4.02. The maximum atomic E-state index is 12.3. The van der Waals surface area contributed by atoms with Gasteiger partial charge < -0.3 is 0 Å². The van der Waals surface area contributed by atoms with E-state index in [0.29, 0.717) is 4.41 Å². The second-order valence-corrected chi connectivity index (χ2v) is 7.76. The highest BCUT2D eigenvalue weighted by atomic mass is 32.2. The third-order valence-corrected chi connectivity index (χ3v) is 5.68. The number of hydrogen-bond donors (Lipinski definition) is 1. The maximum Gasteiger partial charge on any atom is 0.288 e. The Balaban J connectivity index is 1.83.